The fourth-order valence-corrected chi connectivity index (χ4v) is 10.7. The Morgan fingerprint density at radius 2 is 1.11 bits per heavy atom. The van der Waals surface area contributed by atoms with Crippen LogP contribution in [0.15, 0.2) is 94.7 Å². The van der Waals surface area contributed by atoms with Gasteiger partial charge in [-0.3, -0.25) is 0 Å². The fraction of sp³-hybridized carbons (Fsp3) is 0.371. The summed E-state index contributed by atoms with van der Waals surface area (Å²) >= 11 is 12.4. The maximum atomic E-state index is 13.5. The summed E-state index contributed by atoms with van der Waals surface area (Å²) in [5.41, 5.74) is 0.809. The van der Waals surface area contributed by atoms with E-state index in [9.17, 15) is 32.1 Å². The normalized spacial score (nSPS) is 16.0. The molecule has 0 radical (unpaired) electrons. The molecule has 2 aliphatic rings. The van der Waals surface area contributed by atoms with E-state index in [2.05, 4.69) is 15.3 Å². The molecule has 53 heavy (non-hydrogen) atoms. The summed E-state index contributed by atoms with van der Waals surface area (Å²) in [7, 11) is -8.43. The summed E-state index contributed by atoms with van der Waals surface area (Å²) in [6.45, 7) is 3.77. The van der Waals surface area contributed by atoms with Crippen LogP contribution in [0.25, 0.3) is 0 Å². The molecule has 4 aromatic rings. The van der Waals surface area contributed by atoms with Crippen LogP contribution in [0.5, 0.6) is 0 Å². The van der Waals surface area contributed by atoms with Crippen molar-refractivity contribution in [3.05, 3.63) is 106 Å². The van der Waals surface area contributed by atoms with Crippen LogP contribution in [-0.2, 0) is 33.3 Å². The Labute approximate surface area is 321 Å². The molecule has 284 valence electrons. The Kier molecular flexibility index (Phi) is 14.1. The second kappa shape index (κ2) is 18.3. The number of halogens is 2. The number of piperidine rings is 2. The molecule has 6 rings (SSSR count). The van der Waals surface area contributed by atoms with Crippen molar-refractivity contribution in [3.63, 3.8) is 0 Å². The highest BCUT2D eigenvalue weighted by atomic mass is 35.5. The minimum absolute atomic E-state index is 0.0193. The second-order valence-corrected chi connectivity index (χ2v) is 17.0. The zero-order valence-electron chi connectivity index (χ0n) is 29.2. The van der Waals surface area contributed by atoms with Gasteiger partial charge in [-0.05, 0) is 107 Å². The van der Waals surface area contributed by atoms with Crippen LogP contribution < -0.4 is 13.9 Å². The maximum absolute atomic E-state index is 13.5. The average Bonchev–Trinajstić information content (AvgIpc) is 3.16. The molecule has 2 aromatic heterocycles. The molecule has 2 aromatic carbocycles. The van der Waals surface area contributed by atoms with Gasteiger partial charge < -0.3 is 25.4 Å². The van der Waals surface area contributed by atoms with E-state index in [1.807, 2.05) is 4.81 Å². The summed E-state index contributed by atoms with van der Waals surface area (Å²) in [5, 5.41) is 32.1. The van der Waals surface area contributed by atoms with E-state index in [4.69, 9.17) is 23.2 Å². The number of nitrogens with zero attached hydrogens (tertiary/aromatic N) is 5. The molecular formula is C35H43BCl2N6O7S2. The number of benzene rings is 2. The van der Waals surface area contributed by atoms with Crippen LogP contribution in [0, 0.1) is 0 Å². The lowest BCUT2D eigenvalue weighted by Crippen LogP contribution is -2.51. The molecule has 4 N–H and O–H groups in total. The van der Waals surface area contributed by atoms with Crippen LogP contribution in [0.3, 0.4) is 0 Å². The van der Waals surface area contributed by atoms with Gasteiger partial charge in [0.25, 0.3) is 20.0 Å². The van der Waals surface area contributed by atoms with Crippen molar-refractivity contribution in [1.29, 1.82) is 0 Å². The van der Waals surface area contributed by atoms with E-state index in [1.54, 1.807) is 79.6 Å². The van der Waals surface area contributed by atoms with E-state index < -0.39 is 27.1 Å². The highest BCUT2D eigenvalue weighted by Gasteiger charge is 2.37. The molecule has 13 nitrogen and oxygen atoms in total. The van der Waals surface area contributed by atoms with Gasteiger partial charge >= 0.3 is 7.05 Å². The van der Waals surface area contributed by atoms with Crippen molar-refractivity contribution >= 4 is 61.9 Å². The summed E-state index contributed by atoms with van der Waals surface area (Å²) in [6.07, 6.45) is 2.43. The van der Waals surface area contributed by atoms with Crippen LogP contribution in [-0.4, -0.2) is 92.2 Å². The lowest BCUT2D eigenvalue weighted by Gasteiger charge is -2.39. The summed E-state index contributed by atoms with van der Waals surface area (Å²) in [5.74, 6) is 0.556. The molecule has 2 aliphatic heterocycles. The Bertz CT molecular complexity index is 2050. The summed E-state index contributed by atoms with van der Waals surface area (Å²) in [4.78, 5) is 10.6. The van der Waals surface area contributed by atoms with Crippen molar-refractivity contribution in [3.8, 4) is 0 Å². The van der Waals surface area contributed by atoms with Gasteiger partial charge in [-0.15, -0.1) is 0 Å². The van der Waals surface area contributed by atoms with Gasteiger partial charge in [0.15, 0.2) is 0 Å². The van der Waals surface area contributed by atoms with E-state index >= 15 is 0 Å². The van der Waals surface area contributed by atoms with Crippen molar-refractivity contribution in [2.24, 2.45) is 0 Å². The fourth-order valence-electron chi connectivity index (χ4n) is 6.42. The Hall–Kier alpha value is -3.32. The molecule has 18 heteroatoms. The SMILES string of the molecule is CB(O)N1CCC(N(c2cccc(CO)n2)S(=O)(=O)c2ccccc2Cl)CC1.O=S(=O)(c1ccccc1Cl)N(c1cccc(CO)n1)C1CCNCC1. The van der Waals surface area contributed by atoms with Gasteiger partial charge in [-0.2, -0.15) is 0 Å². The van der Waals surface area contributed by atoms with Gasteiger partial charge in [-0.1, -0.05) is 59.6 Å². The number of sulfonamides is 2. The lowest BCUT2D eigenvalue weighted by atomic mass is 9.82. The second-order valence-electron chi connectivity index (χ2n) is 12.6. The van der Waals surface area contributed by atoms with Gasteiger partial charge in [0.05, 0.1) is 34.6 Å². The third-order valence-electron chi connectivity index (χ3n) is 9.11. The minimum Gasteiger partial charge on any atom is -0.437 e. The lowest BCUT2D eigenvalue weighted by molar-refractivity contribution is 0.276. The van der Waals surface area contributed by atoms with Gasteiger partial charge in [0.1, 0.15) is 21.4 Å². The Morgan fingerprint density at radius 1 is 0.698 bits per heavy atom. The van der Waals surface area contributed by atoms with Crippen LogP contribution in [0.2, 0.25) is 16.9 Å². The van der Waals surface area contributed by atoms with Crippen molar-refractivity contribution < 1.29 is 32.1 Å². The van der Waals surface area contributed by atoms with E-state index in [0.717, 1.165) is 13.1 Å². The third-order valence-corrected chi connectivity index (χ3v) is 13.8. The number of pyridine rings is 2. The highest BCUT2D eigenvalue weighted by Crippen LogP contribution is 2.34. The highest BCUT2D eigenvalue weighted by molar-refractivity contribution is 7.93. The topological polar surface area (TPSA) is 176 Å². The molecule has 0 aliphatic carbocycles. The van der Waals surface area contributed by atoms with E-state index in [1.165, 1.54) is 20.7 Å². The predicted octanol–water partition coefficient (Wildman–Crippen LogP) is 4.17. The Morgan fingerprint density at radius 3 is 1.51 bits per heavy atom. The number of nitrogens with one attached hydrogen (secondary N) is 1. The molecule has 0 atom stereocenters. The number of hydrogen-bond donors (Lipinski definition) is 4. The molecule has 0 unspecified atom stereocenters. The van der Waals surface area contributed by atoms with Gasteiger partial charge in [-0.25, -0.2) is 35.4 Å². The van der Waals surface area contributed by atoms with Crippen molar-refractivity contribution in [2.75, 3.05) is 34.8 Å². The zero-order valence-corrected chi connectivity index (χ0v) is 32.3. The Balaban J connectivity index is 0.000000206. The first kappa shape index (κ1) is 40.9. The van der Waals surface area contributed by atoms with Crippen molar-refractivity contribution in [1.82, 2.24) is 20.1 Å². The standard InChI is InChI=1S/C18H23BClN3O4S.C17H20ClN3O3S/c1-19(25)22-11-9-15(10-12-22)23(18-8-4-5-14(13-24)21-18)28(26,27)17-7-3-2-6-16(17)20;18-15-5-1-2-6-16(15)25(23,24)21(14-8-10-19-11-9-14)17-7-3-4-13(12-22)20-17/h2-8,15,24-25H,9-13H2,1H3;1-7,14,19,22H,8-12H2. The zero-order chi connectivity index (χ0) is 38.2. The van der Waals surface area contributed by atoms with Gasteiger partial charge in [0.2, 0.25) is 0 Å². The van der Waals surface area contributed by atoms with E-state index in [-0.39, 0.29) is 51.0 Å². The summed E-state index contributed by atoms with van der Waals surface area (Å²) < 4.78 is 56.5. The number of aromatic nitrogens is 2. The molecule has 0 saturated carbocycles. The molecule has 0 spiro atoms. The molecule has 0 amide bonds. The predicted molar refractivity (Wildman–Crippen MR) is 207 cm³/mol. The van der Waals surface area contributed by atoms with Gasteiger partial charge in [0, 0.05) is 12.1 Å². The first-order chi connectivity index (χ1) is 25.4. The van der Waals surface area contributed by atoms with Crippen molar-refractivity contribution in [2.45, 2.75) is 67.6 Å². The number of aliphatic hydroxyl groups excluding tert-OH is 2. The first-order valence-electron chi connectivity index (χ1n) is 17.2. The number of aliphatic hydroxyl groups is 2. The smallest absolute Gasteiger partial charge is 0.376 e. The minimum atomic E-state index is -3.97. The average molecular weight is 806 g/mol. The number of hydrogen-bond acceptors (Lipinski definition) is 11. The summed E-state index contributed by atoms with van der Waals surface area (Å²) in [6, 6.07) is 22.1. The van der Waals surface area contributed by atoms with Crippen LogP contribution >= 0.6 is 23.2 Å². The molecular weight excluding hydrogens is 762 g/mol. The molecule has 2 saturated heterocycles. The first-order valence-corrected chi connectivity index (χ1v) is 20.9. The monoisotopic (exact) mass is 804 g/mol. The van der Waals surface area contributed by atoms with E-state index in [0.29, 0.717) is 56.0 Å². The van der Waals surface area contributed by atoms with Crippen LogP contribution in [0.4, 0.5) is 11.6 Å². The largest absolute Gasteiger partial charge is 0.437 e. The maximum Gasteiger partial charge on any atom is 0.376 e. The third kappa shape index (κ3) is 9.68. The number of rotatable bonds is 11. The molecule has 4 heterocycles. The quantitative estimate of drug-likeness (QED) is 0.160. The van der Waals surface area contributed by atoms with Crippen LogP contribution in [0.1, 0.15) is 37.1 Å². The number of anilines is 2. The molecule has 0 bridgehead atoms. The molecule has 2 fully saturated rings.